The first kappa shape index (κ1) is 25.6. The zero-order valence-electron chi connectivity index (χ0n) is 18.9. The highest BCUT2D eigenvalue weighted by Gasteiger charge is 2.34. The average Bonchev–Trinajstić information content (AvgIpc) is 2.60. The number of carbonyl (C=O) groups excluding carboxylic acids is 3. The van der Waals surface area contributed by atoms with Crippen LogP contribution in [0.25, 0.3) is 6.08 Å². The van der Waals surface area contributed by atoms with Gasteiger partial charge in [0.25, 0.3) is 0 Å². The van der Waals surface area contributed by atoms with E-state index in [4.69, 9.17) is 19.5 Å². The Bertz CT molecular complexity index is 862. The molecule has 0 aliphatic carbocycles. The number of nitrogens with zero attached hydrogens (tertiary/aromatic N) is 4. The number of hydrogen-bond acceptors (Lipinski definition) is 9. The van der Waals surface area contributed by atoms with E-state index in [1.807, 2.05) is 6.07 Å². The zero-order chi connectivity index (χ0) is 23.8. The lowest BCUT2D eigenvalue weighted by atomic mass is 10.1. The van der Waals surface area contributed by atoms with E-state index in [1.54, 1.807) is 48.5 Å². The first-order chi connectivity index (χ1) is 14.3. The molecule has 0 spiro atoms. The number of amides is 2. The molecular weight excluding hydrogens is 404 g/mol. The van der Waals surface area contributed by atoms with Crippen molar-refractivity contribution in [3.63, 3.8) is 0 Å². The second-order valence-electron chi connectivity index (χ2n) is 8.35. The second kappa shape index (κ2) is 10.5. The standard InChI is InChI=1S/C21H28N4O6/c1-8-29-17(26)14(9-10-22)11-15-12-23-24-13-16(15)25(18(27)30-20(2,3)4)19(28)31-21(5,6)7/h11-13H,8-9H2,1-7H3/b14-11+. The van der Waals surface area contributed by atoms with E-state index in [-0.39, 0.29) is 29.9 Å². The summed E-state index contributed by atoms with van der Waals surface area (Å²) >= 11 is 0. The van der Waals surface area contributed by atoms with Gasteiger partial charge in [-0.3, -0.25) is 0 Å². The fraction of sp³-hybridized carbons (Fsp3) is 0.524. The lowest BCUT2D eigenvalue weighted by Gasteiger charge is -2.29. The van der Waals surface area contributed by atoms with Crippen LogP contribution in [0, 0.1) is 11.3 Å². The van der Waals surface area contributed by atoms with Gasteiger partial charge in [-0.15, -0.1) is 0 Å². The Hall–Kier alpha value is -3.48. The Balaban J connectivity index is 3.57. The first-order valence-corrected chi connectivity index (χ1v) is 9.60. The molecule has 0 unspecified atom stereocenters. The highest BCUT2D eigenvalue weighted by molar-refractivity contribution is 6.11. The second-order valence-corrected chi connectivity index (χ2v) is 8.35. The van der Waals surface area contributed by atoms with Crippen molar-refractivity contribution in [3.8, 4) is 6.07 Å². The van der Waals surface area contributed by atoms with Crippen molar-refractivity contribution in [2.45, 2.75) is 66.1 Å². The third kappa shape index (κ3) is 8.42. The number of nitriles is 1. The van der Waals surface area contributed by atoms with Gasteiger partial charge in [-0.05, 0) is 54.5 Å². The largest absolute Gasteiger partial charge is 0.463 e. The van der Waals surface area contributed by atoms with E-state index in [2.05, 4.69) is 10.2 Å². The van der Waals surface area contributed by atoms with Crippen molar-refractivity contribution in [3.05, 3.63) is 23.5 Å². The highest BCUT2D eigenvalue weighted by atomic mass is 16.6. The fourth-order valence-corrected chi connectivity index (χ4v) is 2.19. The first-order valence-electron chi connectivity index (χ1n) is 9.60. The summed E-state index contributed by atoms with van der Waals surface area (Å²) < 4.78 is 15.7. The number of esters is 1. The van der Waals surface area contributed by atoms with Gasteiger partial charge in [0.1, 0.15) is 11.2 Å². The van der Waals surface area contributed by atoms with Gasteiger partial charge < -0.3 is 14.2 Å². The van der Waals surface area contributed by atoms with Crippen molar-refractivity contribution in [1.29, 1.82) is 5.26 Å². The molecule has 0 saturated heterocycles. The monoisotopic (exact) mass is 432 g/mol. The van der Waals surface area contributed by atoms with Gasteiger partial charge in [0.2, 0.25) is 0 Å². The smallest absolute Gasteiger partial charge is 0.424 e. The highest BCUT2D eigenvalue weighted by Crippen LogP contribution is 2.26. The molecule has 0 atom stereocenters. The van der Waals surface area contributed by atoms with E-state index < -0.39 is 29.4 Å². The van der Waals surface area contributed by atoms with Crippen LogP contribution in [0.2, 0.25) is 0 Å². The van der Waals surface area contributed by atoms with Gasteiger partial charge in [0.05, 0.1) is 42.8 Å². The maximum atomic E-state index is 12.9. The summed E-state index contributed by atoms with van der Waals surface area (Å²) in [5, 5.41) is 16.6. The van der Waals surface area contributed by atoms with Gasteiger partial charge in [-0.25, -0.2) is 14.4 Å². The molecule has 0 bridgehead atoms. The lowest BCUT2D eigenvalue weighted by Crippen LogP contribution is -2.44. The Morgan fingerprint density at radius 3 is 2.00 bits per heavy atom. The van der Waals surface area contributed by atoms with Crippen LogP contribution in [0.4, 0.5) is 15.3 Å². The summed E-state index contributed by atoms with van der Waals surface area (Å²) in [5.74, 6) is -0.701. The van der Waals surface area contributed by atoms with Gasteiger partial charge in [0, 0.05) is 5.56 Å². The zero-order valence-corrected chi connectivity index (χ0v) is 18.9. The summed E-state index contributed by atoms with van der Waals surface area (Å²) in [5.41, 5.74) is -1.63. The average molecular weight is 432 g/mol. The van der Waals surface area contributed by atoms with Gasteiger partial charge >= 0.3 is 18.2 Å². The SMILES string of the molecule is CCOC(=O)/C(=C/c1cnncc1N(C(=O)OC(C)(C)C)C(=O)OC(C)(C)C)CC#N. The van der Waals surface area contributed by atoms with Crippen LogP contribution in [0.15, 0.2) is 18.0 Å². The summed E-state index contributed by atoms with van der Waals surface area (Å²) in [7, 11) is 0. The van der Waals surface area contributed by atoms with Crippen molar-refractivity contribution < 1.29 is 28.6 Å². The van der Waals surface area contributed by atoms with Crippen LogP contribution in [0.1, 0.15) is 60.5 Å². The normalized spacial score (nSPS) is 11.9. The predicted octanol–water partition coefficient (Wildman–Crippen LogP) is 4.01. The summed E-state index contributed by atoms with van der Waals surface area (Å²) in [4.78, 5) is 38.6. The van der Waals surface area contributed by atoms with Crippen molar-refractivity contribution in [1.82, 2.24) is 10.2 Å². The molecule has 31 heavy (non-hydrogen) atoms. The molecule has 0 saturated carbocycles. The molecule has 0 fully saturated rings. The van der Waals surface area contributed by atoms with Crippen molar-refractivity contribution >= 4 is 29.9 Å². The van der Waals surface area contributed by atoms with Gasteiger partial charge in [-0.1, -0.05) is 0 Å². The Morgan fingerprint density at radius 2 is 1.55 bits per heavy atom. The molecule has 1 rings (SSSR count). The molecule has 0 aromatic carbocycles. The molecule has 0 N–H and O–H groups in total. The summed E-state index contributed by atoms with van der Waals surface area (Å²) in [6, 6.07) is 1.88. The van der Waals surface area contributed by atoms with Crippen LogP contribution < -0.4 is 4.90 Å². The third-order valence-electron chi connectivity index (χ3n) is 3.27. The van der Waals surface area contributed by atoms with Crippen LogP contribution in [0.3, 0.4) is 0 Å². The molecule has 10 heteroatoms. The van der Waals surface area contributed by atoms with Crippen LogP contribution in [-0.2, 0) is 19.0 Å². The van der Waals surface area contributed by atoms with E-state index in [0.29, 0.717) is 4.90 Å². The van der Waals surface area contributed by atoms with E-state index >= 15 is 0 Å². The van der Waals surface area contributed by atoms with Crippen LogP contribution in [0.5, 0.6) is 0 Å². The Labute approximate surface area is 181 Å². The molecule has 2 amide bonds. The van der Waals surface area contributed by atoms with Crippen LogP contribution >= 0.6 is 0 Å². The summed E-state index contributed by atoms with van der Waals surface area (Å²) in [6.07, 6.45) is 1.47. The Morgan fingerprint density at radius 1 is 1.03 bits per heavy atom. The Kier molecular flexibility index (Phi) is 8.67. The third-order valence-corrected chi connectivity index (χ3v) is 3.27. The molecule has 0 aliphatic rings. The van der Waals surface area contributed by atoms with E-state index in [9.17, 15) is 14.4 Å². The number of aromatic nitrogens is 2. The van der Waals surface area contributed by atoms with E-state index in [1.165, 1.54) is 12.3 Å². The maximum Gasteiger partial charge on any atom is 0.424 e. The number of ether oxygens (including phenoxy) is 3. The molecule has 1 aromatic heterocycles. The minimum absolute atomic E-state index is 0.0203. The topological polar surface area (TPSA) is 132 Å². The van der Waals surface area contributed by atoms with E-state index in [0.717, 1.165) is 6.20 Å². The number of imide groups is 1. The minimum Gasteiger partial charge on any atom is -0.463 e. The molecule has 1 heterocycles. The summed E-state index contributed by atoms with van der Waals surface area (Å²) in [6.45, 7) is 11.6. The van der Waals surface area contributed by atoms with Crippen LogP contribution in [-0.4, -0.2) is 46.2 Å². The lowest BCUT2D eigenvalue weighted by molar-refractivity contribution is -0.138. The van der Waals surface area contributed by atoms with Gasteiger partial charge in [0.15, 0.2) is 0 Å². The van der Waals surface area contributed by atoms with Crippen molar-refractivity contribution in [2.75, 3.05) is 11.5 Å². The molecule has 1 aromatic rings. The number of hydrogen-bond donors (Lipinski definition) is 0. The minimum atomic E-state index is -0.998. The van der Waals surface area contributed by atoms with Gasteiger partial charge in [-0.2, -0.15) is 20.4 Å². The maximum absolute atomic E-state index is 12.9. The number of rotatable bonds is 5. The fourth-order valence-electron chi connectivity index (χ4n) is 2.19. The molecule has 0 aliphatic heterocycles. The predicted molar refractivity (Wildman–Crippen MR) is 112 cm³/mol. The molecule has 168 valence electrons. The molecule has 10 nitrogen and oxygen atoms in total. The molecule has 0 radical (unpaired) electrons. The number of carbonyl (C=O) groups is 3. The molecular formula is C21H28N4O6. The quantitative estimate of drug-likeness (QED) is 0.384. The number of anilines is 1. The van der Waals surface area contributed by atoms with Crippen molar-refractivity contribution in [2.24, 2.45) is 0 Å².